The van der Waals surface area contributed by atoms with Crippen molar-refractivity contribution in [1.29, 1.82) is 0 Å². The third kappa shape index (κ3) is 3.91. The highest BCUT2D eigenvalue weighted by Gasteiger charge is 2.34. The van der Waals surface area contributed by atoms with Crippen molar-refractivity contribution in [3.63, 3.8) is 0 Å². The number of para-hydroxylation sites is 1. The first-order valence-electron chi connectivity index (χ1n) is 8.52. The van der Waals surface area contributed by atoms with Crippen LogP contribution in [0.5, 0.6) is 0 Å². The molecule has 26 heavy (non-hydrogen) atoms. The van der Waals surface area contributed by atoms with Gasteiger partial charge >= 0.3 is 0 Å². The Balaban J connectivity index is 1.66. The Kier molecular flexibility index (Phi) is 5.31. The average molecular weight is 351 g/mol. The minimum Gasteiger partial charge on any atom is -0.355 e. The van der Waals surface area contributed by atoms with Crippen LogP contribution in [-0.4, -0.2) is 36.2 Å². The van der Waals surface area contributed by atoms with E-state index in [9.17, 15) is 14.4 Å². The Hall–Kier alpha value is -3.15. The Morgan fingerprint density at radius 2 is 1.77 bits per heavy atom. The molecule has 2 N–H and O–H groups in total. The predicted octanol–water partition coefficient (Wildman–Crippen LogP) is 2.03. The monoisotopic (exact) mass is 351 g/mol. The van der Waals surface area contributed by atoms with E-state index in [-0.39, 0.29) is 24.1 Å². The highest BCUT2D eigenvalue weighted by Crippen LogP contribution is 2.23. The van der Waals surface area contributed by atoms with Crippen molar-refractivity contribution in [3.8, 4) is 0 Å². The molecule has 2 aromatic rings. The van der Waals surface area contributed by atoms with E-state index in [0.29, 0.717) is 24.3 Å². The van der Waals surface area contributed by atoms with Crippen LogP contribution >= 0.6 is 0 Å². The number of likely N-dealkylation sites (tertiary alicyclic amines) is 1. The molecule has 0 bridgehead atoms. The smallest absolute Gasteiger partial charge is 0.253 e. The summed E-state index contributed by atoms with van der Waals surface area (Å²) >= 11 is 0. The Bertz CT molecular complexity index is 820. The van der Waals surface area contributed by atoms with Crippen LogP contribution in [0.1, 0.15) is 22.3 Å². The van der Waals surface area contributed by atoms with Gasteiger partial charge < -0.3 is 15.5 Å². The lowest BCUT2D eigenvalue weighted by Crippen LogP contribution is -2.29. The fourth-order valence-electron chi connectivity index (χ4n) is 3.06. The fraction of sp³-hybridized carbons (Fsp3) is 0.250. The highest BCUT2D eigenvalue weighted by molar-refractivity contribution is 6.05. The van der Waals surface area contributed by atoms with Crippen molar-refractivity contribution in [3.05, 3.63) is 65.7 Å². The third-order valence-electron chi connectivity index (χ3n) is 4.46. The van der Waals surface area contributed by atoms with E-state index < -0.39 is 5.92 Å². The van der Waals surface area contributed by atoms with E-state index in [0.717, 1.165) is 5.56 Å². The maximum Gasteiger partial charge on any atom is 0.253 e. The Labute approximate surface area is 152 Å². The number of nitrogens with zero attached hydrogens (tertiary/aromatic N) is 1. The zero-order chi connectivity index (χ0) is 18.5. The molecular formula is C20H21N3O3. The summed E-state index contributed by atoms with van der Waals surface area (Å²) < 4.78 is 0. The second kappa shape index (κ2) is 7.82. The van der Waals surface area contributed by atoms with Gasteiger partial charge in [-0.05, 0) is 17.7 Å². The first kappa shape index (κ1) is 17.7. The van der Waals surface area contributed by atoms with Gasteiger partial charge in [0.2, 0.25) is 11.8 Å². The fourth-order valence-corrected chi connectivity index (χ4v) is 3.06. The largest absolute Gasteiger partial charge is 0.355 e. The van der Waals surface area contributed by atoms with Crippen molar-refractivity contribution in [2.45, 2.75) is 13.0 Å². The minimum atomic E-state index is -0.427. The van der Waals surface area contributed by atoms with Crippen LogP contribution in [0.2, 0.25) is 0 Å². The Morgan fingerprint density at radius 1 is 1.08 bits per heavy atom. The molecule has 3 rings (SSSR count). The first-order valence-corrected chi connectivity index (χ1v) is 8.52. The van der Waals surface area contributed by atoms with Gasteiger partial charge in [0.15, 0.2) is 0 Å². The van der Waals surface area contributed by atoms with Crippen molar-refractivity contribution < 1.29 is 14.4 Å². The number of nitrogens with one attached hydrogen (secondary N) is 2. The van der Waals surface area contributed by atoms with E-state index in [1.165, 1.54) is 7.05 Å². The molecule has 1 heterocycles. The summed E-state index contributed by atoms with van der Waals surface area (Å²) in [6.07, 6.45) is 0.181. The summed E-state index contributed by atoms with van der Waals surface area (Å²) in [4.78, 5) is 38.5. The lowest BCUT2D eigenvalue weighted by Gasteiger charge is -2.17. The van der Waals surface area contributed by atoms with Gasteiger partial charge in [-0.1, -0.05) is 42.5 Å². The number of anilines is 1. The molecule has 0 spiro atoms. The molecule has 1 fully saturated rings. The molecular weight excluding hydrogens is 330 g/mol. The van der Waals surface area contributed by atoms with Gasteiger partial charge in [0.05, 0.1) is 17.2 Å². The summed E-state index contributed by atoms with van der Waals surface area (Å²) in [6, 6.07) is 16.5. The Morgan fingerprint density at radius 3 is 2.50 bits per heavy atom. The van der Waals surface area contributed by atoms with Crippen molar-refractivity contribution in [2.75, 3.05) is 18.9 Å². The second-order valence-electron chi connectivity index (χ2n) is 6.27. The molecule has 0 radical (unpaired) electrons. The molecule has 6 nitrogen and oxygen atoms in total. The standard InChI is InChI=1S/C20H21N3O3/c1-21-20(26)16-9-5-6-10-17(16)22-19(25)15-11-18(24)23(13-15)12-14-7-3-2-4-8-14/h2-10,15H,11-13H2,1H3,(H,21,26)(H,22,25)/t15-/m0/s1. The van der Waals surface area contributed by atoms with Crippen LogP contribution < -0.4 is 10.6 Å². The van der Waals surface area contributed by atoms with Crippen LogP contribution in [-0.2, 0) is 16.1 Å². The maximum atomic E-state index is 12.6. The number of benzene rings is 2. The number of carbonyl (C=O) groups is 3. The second-order valence-corrected chi connectivity index (χ2v) is 6.27. The molecule has 1 saturated heterocycles. The maximum absolute atomic E-state index is 12.6. The molecule has 3 amide bonds. The molecule has 134 valence electrons. The van der Waals surface area contributed by atoms with Crippen LogP contribution in [0.4, 0.5) is 5.69 Å². The van der Waals surface area contributed by atoms with E-state index in [4.69, 9.17) is 0 Å². The molecule has 0 aromatic heterocycles. The van der Waals surface area contributed by atoms with Gasteiger partial charge in [-0.3, -0.25) is 14.4 Å². The van der Waals surface area contributed by atoms with Crippen molar-refractivity contribution in [2.24, 2.45) is 5.92 Å². The molecule has 1 aliphatic heterocycles. The first-order chi connectivity index (χ1) is 12.6. The van der Waals surface area contributed by atoms with E-state index in [1.807, 2.05) is 30.3 Å². The topological polar surface area (TPSA) is 78.5 Å². The summed E-state index contributed by atoms with van der Waals surface area (Å²) in [5, 5.41) is 5.35. The van der Waals surface area contributed by atoms with Crippen LogP contribution in [0.15, 0.2) is 54.6 Å². The van der Waals surface area contributed by atoms with Crippen LogP contribution in [0.25, 0.3) is 0 Å². The van der Waals surface area contributed by atoms with Gasteiger partial charge in [0, 0.05) is 26.6 Å². The highest BCUT2D eigenvalue weighted by atomic mass is 16.2. The molecule has 0 unspecified atom stereocenters. The SMILES string of the molecule is CNC(=O)c1ccccc1NC(=O)[C@H]1CC(=O)N(Cc2ccccc2)C1. The van der Waals surface area contributed by atoms with E-state index in [2.05, 4.69) is 10.6 Å². The summed E-state index contributed by atoms with van der Waals surface area (Å²) in [6.45, 7) is 0.875. The molecule has 1 aliphatic rings. The lowest BCUT2D eigenvalue weighted by atomic mass is 10.1. The van der Waals surface area contributed by atoms with Gasteiger partial charge in [-0.25, -0.2) is 0 Å². The van der Waals surface area contributed by atoms with Gasteiger partial charge in [-0.15, -0.1) is 0 Å². The van der Waals surface area contributed by atoms with Crippen molar-refractivity contribution in [1.82, 2.24) is 10.2 Å². The summed E-state index contributed by atoms with van der Waals surface area (Å²) in [5.41, 5.74) is 1.88. The molecule has 0 saturated carbocycles. The third-order valence-corrected chi connectivity index (χ3v) is 4.46. The number of hydrogen-bond acceptors (Lipinski definition) is 3. The summed E-state index contributed by atoms with van der Waals surface area (Å²) in [7, 11) is 1.54. The average Bonchev–Trinajstić information content (AvgIpc) is 3.03. The van der Waals surface area contributed by atoms with E-state index in [1.54, 1.807) is 29.2 Å². The van der Waals surface area contributed by atoms with Gasteiger partial charge in [0.1, 0.15) is 0 Å². The molecule has 6 heteroatoms. The number of rotatable bonds is 5. The predicted molar refractivity (Wildman–Crippen MR) is 98.4 cm³/mol. The molecule has 1 atom stereocenters. The number of hydrogen-bond donors (Lipinski definition) is 2. The number of carbonyl (C=O) groups excluding carboxylic acids is 3. The van der Waals surface area contributed by atoms with Crippen LogP contribution in [0, 0.1) is 5.92 Å². The lowest BCUT2D eigenvalue weighted by molar-refractivity contribution is -0.128. The van der Waals surface area contributed by atoms with Crippen molar-refractivity contribution >= 4 is 23.4 Å². The molecule has 2 aromatic carbocycles. The van der Waals surface area contributed by atoms with Gasteiger partial charge in [0.25, 0.3) is 5.91 Å². The zero-order valence-corrected chi connectivity index (χ0v) is 14.6. The minimum absolute atomic E-state index is 0.0337. The van der Waals surface area contributed by atoms with Crippen LogP contribution in [0.3, 0.4) is 0 Å². The normalized spacial score (nSPS) is 16.4. The van der Waals surface area contributed by atoms with E-state index >= 15 is 0 Å². The summed E-state index contributed by atoms with van der Waals surface area (Å²) in [5.74, 6) is -0.975. The quantitative estimate of drug-likeness (QED) is 0.865. The van der Waals surface area contributed by atoms with Gasteiger partial charge in [-0.2, -0.15) is 0 Å². The molecule has 0 aliphatic carbocycles. The number of amides is 3. The zero-order valence-electron chi connectivity index (χ0n) is 14.6.